The summed E-state index contributed by atoms with van der Waals surface area (Å²) in [6.45, 7) is 6.29. The molecule has 0 aliphatic rings. The Kier molecular flexibility index (Phi) is 4.16. The number of rotatable bonds is 3. The number of H-pyrrole nitrogens is 1. The van der Waals surface area contributed by atoms with E-state index in [0.717, 1.165) is 5.56 Å². The van der Waals surface area contributed by atoms with Gasteiger partial charge in [-0.25, -0.2) is 9.07 Å². The van der Waals surface area contributed by atoms with Crippen molar-refractivity contribution in [3.8, 4) is 0 Å². The van der Waals surface area contributed by atoms with Gasteiger partial charge in [-0.2, -0.15) is 10.1 Å². The fourth-order valence-electron chi connectivity index (χ4n) is 2.39. The summed E-state index contributed by atoms with van der Waals surface area (Å²) in [5.74, 6) is -0.0113. The first-order valence-electron chi connectivity index (χ1n) is 7.41. The van der Waals surface area contributed by atoms with Crippen molar-refractivity contribution in [3.05, 3.63) is 50.6 Å². The van der Waals surface area contributed by atoms with Gasteiger partial charge in [0.05, 0.1) is 11.7 Å². The molecule has 126 valence electrons. The van der Waals surface area contributed by atoms with E-state index in [1.807, 2.05) is 20.8 Å². The molecule has 0 saturated heterocycles. The number of anilines is 1. The zero-order valence-corrected chi connectivity index (χ0v) is 15.1. The lowest BCUT2D eigenvalue weighted by molar-refractivity contribution is 0.366. The number of hydrogen-bond acceptors (Lipinski definition) is 4. The molecule has 1 aromatic carbocycles. The molecular weight excluding hydrogens is 377 g/mol. The van der Waals surface area contributed by atoms with Crippen molar-refractivity contribution in [2.24, 2.45) is 0 Å². The first-order chi connectivity index (χ1) is 11.2. The van der Waals surface area contributed by atoms with Crippen LogP contribution in [-0.4, -0.2) is 19.7 Å². The van der Waals surface area contributed by atoms with Crippen molar-refractivity contribution in [2.75, 3.05) is 5.32 Å². The Morgan fingerprint density at radius 3 is 2.75 bits per heavy atom. The highest BCUT2D eigenvalue weighted by Crippen LogP contribution is 2.19. The van der Waals surface area contributed by atoms with Crippen LogP contribution in [-0.2, 0) is 12.1 Å². The van der Waals surface area contributed by atoms with Crippen molar-refractivity contribution in [2.45, 2.75) is 32.9 Å². The number of benzene rings is 1. The second kappa shape index (κ2) is 6.01. The Bertz CT molecular complexity index is 937. The summed E-state index contributed by atoms with van der Waals surface area (Å²) >= 11 is 3.26. The van der Waals surface area contributed by atoms with Crippen LogP contribution in [0.3, 0.4) is 0 Å². The molecule has 2 aromatic heterocycles. The van der Waals surface area contributed by atoms with Crippen LogP contribution in [0.1, 0.15) is 26.3 Å². The maximum atomic E-state index is 13.4. The first kappa shape index (κ1) is 16.6. The first-order valence-corrected chi connectivity index (χ1v) is 8.21. The van der Waals surface area contributed by atoms with Gasteiger partial charge in [-0.3, -0.25) is 9.78 Å². The maximum absolute atomic E-state index is 13.4. The SMILES string of the molecule is CC(C)(C)n1ncc2c(=O)[nH]c(NCc3cc(F)cc(Br)c3)nc21. The van der Waals surface area contributed by atoms with Crippen molar-refractivity contribution >= 4 is 32.9 Å². The summed E-state index contributed by atoms with van der Waals surface area (Å²) in [6, 6.07) is 4.61. The van der Waals surface area contributed by atoms with Crippen molar-refractivity contribution in [3.63, 3.8) is 0 Å². The Hall–Kier alpha value is -2.22. The van der Waals surface area contributed by atoms with Crippen molar-refractivity contribution in [1.82, 2.24) is 19.7 Å². The van der Waals surface area contributed by atoms with Gasteiger partial charge in [-0.15, -0.1) is 0 Å². The number of hydrogen-bond donors (Lipinski definition) is 2. The standard InChI is InChI=1S/C16H17BrFN5O/c1-16(2,3)23-13-12(8-20-23)14(24)22-15(21-13)19-7-9-4-10(17)6-11(18)5-9/h4-6,8H,7H2,1-3H3,(H2,19,21,22,24). The van der Waals surface area contributed by atoms with Gasteiger partial charge in [0.25, 0.3) is 5.56 Å². The molecule has 0 bridgehead atoms. The molecular formula is C16H17BrFN5O. The number of nitrogens with zero attached hydrogens (tertiary/aromatic N) is 3. The number of aromatic nitrogens is 4. The molecule has 8 heteroatoms. The normalized spacial score (nSPS) is 11.9. The van der Waals surface area contributed by atoms with E-state index in [1.165, 1.54) is 18.3 Å². The fraction of sp³-hybridized carbons (Fsp3) is 0.312. The monoisotopic (exact) mass is 393 g/mol. The quantitative estimate of drug-likeness (QED) is 0.714. The minimum absolute atomic E-state index is 0.265. The highest BCUT2D eigenvalue weighted by atomic mass is 79.9. The summed E-state index contributed by atoms with van der Waals surface area (Å²) < 4.78 is 15.8. The number of halogens is 2. The van der Waals surface area contributed by atoms with E-state index < -0.39 is 0 Å². The Balaban J connectivity index is 1.94. The molecule has 24 heavy (non-hydrogen) atoms. The van der Waals surface area contributed by atoms with Crippen LogP contribution in [0.15, 0.2) is 33.7 Å². The summed E-state index contributed by atoms with van der Waals surface area (Å²) in [5.41, 5.74) is 0.675. The minimum Gasteiger partial charge on any atom is -0.352 e. The van der Waals surface area contributed by atoms with Crippen LogP contribution < -0.4 is 10.9 Å². The Labute approximate surface area is 146 Å². The summed E-state index contributed by atoms with van der Waals surface area (Å²) in [4.78, 5) is 19.3. The minimum atomic E-state index is -0.330. The van der Waals surface area contributed by atoms with Gasteiger partial charge in [-0.1, -0.05) is 15.9 Å². The third-order valence-corrected chi connectivity index (χ3v) is 3.91. The van der Waals surface area contributed by atoms with E-state index in [-0.39, 0.29) is 16.9 Å². The van der Waals surface area contributed by atoms with Crippen LogP contribution in [0.4, 0.5) is 10.3 Å². The van der Waals surface area contributed by atoms with Gasteiger partial charge < -0.3 is 5.32 Å². The smallest absolute Gasteiger partial charge is 0.263 e. The van der Waals surface area contributed by atoms with Gasteiger partial charge in [0.15, 0.2) is 5.65 Å². The van der Waals surface area contributed by atoms with E-state index in [2.05, 4.69) is 36.3 Å². The second-order valence-electron chi connectivity index (χ2n) is 6.51. The predicted molar refractivity (Wildman–Crippen MR) is 94.6 cm³/mol. The van der Waals surface area contributed by atoms with Crippen LogP contribution in [0.2, 0.25) is 0 Å². The topological polar surface area (TPSA) is 75.6 Å². The third kappa shape index (κ3) is 3.33. The molecule has 3 rings (SSSR count). The average Bonchev–Trinajstić information content (AvgIpc) is 2.88. The molecule has 0 aliphatic carbocycles. The van der Waals surface area contributed by atoms with Gasteiger partial charge in [0.1, 0.15) is 11.2 Å². The summed E-state index contributed by atoms with van der Waals surface area (Å²) in [7, 11) is 0. The Morgan fingerprint density at radius 2 is 2.08 bits per heavy atom. The summed E-state index contributed by atoms with van der Waals surface area (Å²) in [6.07, 6.45) is 1.51. The molecule has 0 radical (unpaired) electrons. The number of fused-ring (bicyclic) bond motifs is 1. The molecule has 0 saturated carbocycles. The molecule has 0 fully saturated rings. The second-order valence-corrected chi connectivity index (χ2v) is 7.43. The Morgan fingerprint density at radius 1 is 1.33 bits per heavy atom. The highest BCUT2D eigenvalue weighted by Gasteiger charge is 2.19. The summed E-state index contributed by atoms with van der Waals surface area (Å²) in [5, 5.41) is 7.72. The maximum Gasteiger partial charge on any atom is 0.263 e. The van der Waals surface area contributed by atoms with Gasteiger partial charge >= 0.3 is 0 Å². The van der Waals surface area contributed by atoms with E-state index in [4.69, 9.17) is 0 Å². The predicted octanol–water partition coefficient (Wildman–Crippen LogP) is 3.39. The highest BCUT2D eigenvalue weighted by molar-refractivity contribution is 9.10. The van der Waals surface area contributed by atoms with E-state index in [9.17, 15) is 9.18 Å². The van der Waals surface area contributed by atoms with Crippen LogP contribution >= 0.6 is 15.9 Å². The van der Waals surface area contributed by atoms with Gasteiger partial charge in [-0.05, 0) is 44.5 Å². The lowest BCUT2D eigenvalue weighted by Crippen LogP contribution is -2.24. The average molecular weight is 394 g/mol. The zero-order valence-electron chi connectivity index (χ0n) is 13.5. The number of aromatic amines is 1. The van der Waals surface area contributed by atoms with E-state index >= 15 is 0 Å². The molecule has 0 aliphatic heterocycles. The molecule has 2 heterocycles. The molecule has 3 aromatic rings. The lowest BCUT2D eigenvalue weighted by atomic mass is 10.1. The fourth-order valence-corrected chi connectivity index (χ4v) is 2.90. The van der Waals surface area contributed by atoms with Crippen molar-refractivity contribution in [1.29, 1.82) is 0 Å². The lowest BCUT2D eigenvalue weighted by Gasteiger charge is -2.19. The van der Waals surface area contributed by atoms with Crippen LogP contribution in [0, 0.1) is 5.82 Å². The van der Waals surface area contributed by atoms with Gasteiger partial charge in [0.2, 0.25) is 5.95 Å². The molecule has 2 N–H and O–H groups in total. The molecule has 0 unspecified atom stereocenters. The van der Waals surface area contributed by atoms with Gasteiger partial charge in [0, 0.05) is 11.0 Å². The zero-order chi connectivity index (χ0) is 17.5. The largest absolute Gasteiger partial charge is 0.352 e. The molecule has 0 atom stereocenters. The van der Waals surface area contributed by atoms with Crippen molar-refractivity contribution < 1.29 is 4.39 Å². The van der Waals surface area contributed by atoms with Crippen LogP contribution in [0.5, 0.6) is 0 Å². The number of nitrogens with one attached hydrogen (secondary N) is 2. The third-order valence-electron chi connectivity index (χ3n) is 3.46. The molecule has 0 amide bonds. The molecule has 6 nitrogen and oxygen atoms in total. The van der Waals surface area contributed by atoms with E-state index in [1.54, 1.807) is 10.7 Å². The molecule has 0 spiro atoms. The van der Waals surface area contributed by atoms with E-state index in [0.29, 0.717) is 28.0 Å². The van der Waals surface area contributed by atoms with Crippen LogP contribution in [0.25, 0.3) is 11.0 Å².